The molecule has 0 saturated heterocycles. The Balaban J connectivity index is 1.72. The largest absolute Gasteiger partial charge is 0.326 e. The first-order valence-electron chi connectivity index (χ1n) is 9.45. The number of nitrogens with zero attached hydrogens (tertiary/aromatic N) is 3. The van der Waals surface area contributed by atoms with Crippen LogP contribution in [0.25, 0.3) is 0 Å². The monoisotopic (exact) mass is 481 g/mol. The lowest BCUT2D eigenvalue weighted by molar-refractivity contribution is 0.261. The molecule has 0 aliphatic rings. The Bertz CT molecular complexity index is 1260. The Kier molecular flexibility index (Phi) is 7.27. The first kappa shape index (κ1) is 23.7. The van der Waals surface area contributed by atoms with Crippen molar-refractivity contribution >= 4 is 45.0 Å². The molecule has 4 N–H and O–H groups in total. The molecule has 3 aromatic rings. The SMILES string of the molecule is CCCS(=O)(=O)Nc1ccc(F)c(NC(=O)Nc2ncnc(Nc3ccc(F)cc3)n2)c1F. The molecule has 14 heteroatoms. The highest BCUT2D eigenvalue weighted by Crippen LogP contribution is 2.27. The van der Waals surface area contributed by atoms with E-state index in [1.54, 1.807) is 6.92 Å². The molecule has 0 atom stereocenters. The number of nitrogens with one attached hydrogen (secondary N) is 4. The van der Waals surface area contributed by atoms with Crippen LogP contribution >= 0.6 is 0 Å². The van der Waals surface area contributed by atoms with Crippen LogP contribution in [0.5, 0.6) is 0 Å². The zero-order valence-electron chi connectivity index (χ0n) is 17.1. The summed E-state index contributed by atoms with van der Waals surface area (Å²) in [6.45, 7) is 1.62. The molecule has 0 aliphatic carbocycles. The third-order valence-corrected chi connectivity index (χ3v) is 5.44. The molecule has 174 valence electrons. The molecular weight excluding hydrogens is 463 g/mol. The summed E-state index contributed by atoms with van der Waals surface area (Å²) in [6, 6.07) is 5.92. The summed E-state index contributed by atoms with van der Waals surface area (Å²) in [5.74, 6) is -3.38. The molecule has 0 radical (unpaired) electrons. The Morgan fingerprint density at radius 3 is 2.36 bits per heavy atom. The molecule has 2 aromatic carbocycles. The summed E-state index contributed by atoms with van der Waals surface area (Å²) in [4.78, 5) is 23.7. The molecule has 10 nitrogen and oxygen atoms in total. The zero-order valence-corrected chi connectivity index (χ0v) is 17.9. The number of benzene rings is 2. The minimum atomic E-state index is -3.84. The van der Waals surface area contributed by atoms with Gasteiger partial charge in [-0.05, 0) is 42.8 Å². The lowest BCUT2D eigenvalue weighted by Gasteiger charge is -2.13. The van der Waals surface area contributed by atoms with Gasteiger partial charge in [-0.1, -0.05) is 6.92 Å². The molecule has 1 aromatic heterocycles. The number of anilines is 5. The summed E-state index contributed by atoms with van der Waals surface area (Å²) in [5, 5.41) is 6.91. The van der Waals surface area contributed by atoms with Crippen LogP contribution in [0.2, 0.25) is 0 Å². The fraction of sp³-hybridized carbons (Fsp3) is 0.158. The molecule has 0 aliphatic heterocycles. The highest BCUT2D eigenvalue weighted by atomic mass is 32.2. The normalized spacial score (nSPS) is 11.0. The van der Waals surface area contributed by atoms with E-state index >= 15 is 0 Å². The molecular formula is C19H18F3N7O3S. The Morgan fingerprint density at radius 1 is 0.970 bits per heavy atom. The van der Waals surface area contributed by atoms with Crippen molar-refractivity contribution < 1.29 is 26.4 Å². The molecule has 1 heterocycles. The minimum Gasteiger partial charge on any atom is -0.324 e. The van der Waals surface area contributed by atoms with Crippen LogP contribution < -0.4 is 20.7 Å². The minimum absolute atomic E-state index is 0.0107. The van der Waals surface area contributed by atoms with Crippen molar-refractivity contribution in [2.45, 2.75) is 13.3 Å². The number of urea groups is 1. The van der Waals surface area contributed by atoms with E-state index in [9.17, 15) is 26.4 Å². The topological polar surface area (TPSA) is 138 Å². The molecule has 0 saturated carbocycles. The van der Waals surface area contributed by atoms with Crippen molar-refractivity contribution in [2.24, 2.45) is 0 Å². The number of hydrogen-bond donors (Lipinski definition) is 4. The molecule has 3 rings (SSSR count). The van der Waals surface area contributed by atoms with Gasteiger partial charge in [-0.3, -0.25) is 10.0 Å². The second-order valence-electron chi connectivity index (χ2n) is 6.55. The molecule has 0 fully saturated rings. The van der Waals surface area contributed by atoms with Gasteiger partial charge in [0, 0.05) is 5.69 Å². The third kappa shape index (κ3) is 6.52. The first-order chi connectivity index (χ1) is 15.7. The van der Waals surface area contributed by atoms with Gasteiger partial charge < -0.3 is 10.6 Å². The van der Waals surface area contributed by atoms with Crippen LogP contribution in [0.3, 0.4) is 0 Å². The molecule has 0 unspecified atom stereocenters. The maximum absolute atomic E-state index is 14.7. The lowest BCUT2D eigenvalue weighted by atomic mass is 10.2. The Labute approximate surface area is 186 Å². The highest BCUT2D eigenvalue weighted by Gasteiger charge is 2.20. The first-order valence-corrected chi connectivity index (χ1v) is 11.1. The average Bonchev–Trinajstić information content (AvgIpc) is 2.75. The second kappa shape index (κ2) is 10.1. The van der Waals surface area contributed by atoms with Crippen molar-refractivity contribution in [3.63, 3.8) is 0 Å². The van der Waals surface area contributed by atoms with Gasteiger partial charge in [0.2, 0.25) is 21.9 Å². The van der Waals surface area contributed by atoms with Crippen LogP contribution in [0, 0.1) is 17.5 Å². The number of amides is 2. The molecule has 33 heavy (non-hydrogen) atoms. The van der Waals surface area contributed by atoms with E-state index in [4.69, 9.17) is 0 Å². The van der Waals surface area contributed by atoms with Gasteiger partial charge in [0.15, 0.2) is 5.82 Å². The van der Waals surface area contributed by atoms with E-state index < -0.39 is 44.9 Å². The van der Waals surface area contributed by atoms with Crippen LogP contribution in [-0.4, -0.2) is 35.2 Å². The predicted molar refractivity (Wildman–Crippen MR) is 116 cm³/mol. The summed E-state index contributed by atoms with van der Waals surface area (Å²) < 4.78 is 67.5. The van der Waals surface area contributed by atoms with Gasteiger partial charge >= 0.3 is 6.03 Å². The van der Waals surface area contributed by atoms with Crippen molar-refractivity contribution in [3.8, 4) is 0 Å². The summed E-state index contributed by atoms with van der Waals surface area (Å²) >= 11 is 0. The number of hydrogen-bond acceptors (Lipinski definition) is 7. The number of carbonyl (C=O) groups excluding carboxylic acids is 1. The number of sulfonamides is 1. The average molecular weight is 481 g/mol. The van der Waals surface area contributed by atoms with Gasteiger partial charge in [0.05, 0.1) is 11.4 Å². The predicted octanol–water partition coefficient (Wildman–Crippen LogP) is 3.83. The van der Waals surface area contributed by atoms with Crippen molar-refractivity contribution in [3.05, 3.63) is 60.2 Å². The van der Waals surface area contributed by atoms with Crippen molar-refractivity contribution in [1.29, 1.82) is 0 Å². The van der Waals surface area contributed by atoms with Gasteiger partial charge in [-0.15, -0.1) is 0 Å². The fourth-order valence-electron chi connectivity index (χ4n) is 2.56. The van der Waals surface area contributed by atoms with E-state index in [2.05, 4.69) is 25.6 Å². The second-order valence-corrected chi connectivity index (χ2v) is 8.39. The third-order valence-electron chi connectivity index (χ3n) is 3.97. The van der Waals surface area contributed by atoms with Crippen LogP contribution in [0.1, 0.15) is 13.3 Å². The van der Waals surface area contributed by atoms with E-state index in [0.717, 1.165) is 18.5 Å². The molecule has 0 bridgehead atoms. The Morgan fingerprint density at radius 2 is 1.67 bits per heavy atom. The lowest BCUT2D eigenvalue weighted by Crippen LogP contribution is -2.23. The summed E-state index contributed by atoms with van der Waals surface area (Å²) in [6.07, 6.45) is 1.36. The van der Waals surface area contributed by atoms with E-state index in [0.29, 0.717) is 5.69 Å². The van der Waals surface area contributed by atoms with E-state index in [1.807, 2.05) is 10.0 Å². The van der Waals surface area contributed by atoms with E-state index in [-0.39, 0.29) is 24.1 Å². The molecule has 2 amide bonds. The maximum atomic E-state index is 14.7. The number of halogens is 3. The quantitative estimate of drug-likeness (QED) is 0.384. The molecule has 0 spiro atoms. The van der Waals surface area contributed by atoms with Crippen LogP contribution in [0.15, 0.2) is 42.7 Å². The van der Waals surface area contributed by atoms with Crippen molar-refractivity contribution in [2.75, 3.05) is 26.4 Å². The Hall–Kier alpha value is -3.94. The van der Waals surface area contributed by atoms with E-state index in [1.165, 1.54) is 24.3 Å². The van der Waals surface area contributed by atoms with Gasteiger partial charge in [-0.25, -0.2) is 36.4 Å². The summed E-state index contributed by atoms with van der Waals surface area (Å²) in [7, 11) is -3.84. The number of rotatable bonds is 8. The van der Waals surface area contributed by atoms with Gasteiger partial charge in [0.25, 0.3) is 0 Å². The zero-order chi connectivity index (χ0) is 24.0. The van der Waals surface area contributed by atoms with Gasteiger partial charge in [-0.2, -0.15) is 4.98 Å². The number of carbonyl (C=O) groups is 1. The maximum Gasteiger partial charge on any atom is 0.326 e. The smallest absolute Gasteiger partial charge is 0.324 e. The highest BCUT2D eigenvalue weighted by molar-refractivity contribution is 7.92. The van der Waals surface area contributed by atoms with Gasteiger partial charge in [0.1, 0.15) is 23.6 Å². The van der Waals surface area contributed by atoms with Crippen LogP contribution in [-0.2, 0) is 10.0 Å². The van der Waals surface area contributed by atoms with Crippen LogP contribution in [0.4, 0.5) is 46.9 Å². The standard InChI is InChI=1S/C19H18F3N7O3S/c1-2-9-33(31,32)29-14-8-7-13(21)16(15(14)22)26-19(30)28-18-24-10-23-17(27-18)25-12-5-3-11(20)4-6-12/h3-8,10,29H,2,9H2,1H3,(H3,23,24,25,26,27,28,30). The fourth-order valence-corrected chi connectivity index (χ4v) is 3.69. The van der Waals surface area contributed by atoms with Crippen molar-refractivity contribution in [1.82, 2.24) is 15.0 Å². The number of aromatic nitrogens is 3. The summed E-state index contributed by atoms with van der Waals surface area (Å²) in [5.41, 5.74) is -0.932.